The molecule has 2 aromatic rings. The topological polar surface area (TPSA) is 32.8 Å². The van der Waals surface area contributed by atoms with Crippen LogP contribution >= 0.6 is 0 Å². The van der Waals surface area contributed by atoms with E-state index >= 15 is 0 Å². The Morgan fingerprint density at radius 3 is 2.52 bits per heavy atom. The zero-order valence-corrected chi connectivity index (χ0v) is 20.1. The number of carbonyl (C=O) groups is 1. The minimum absolute atomic E-state index is 0.315. The van der Waals surface area contributed by atoms with Gasteiger partial charge in [0.15, 0.2) is 0 Å². The van der Waals surface area contributed by atoms with Crippen molar-refractivity contribution in [3.8, 4) is 11.1 Å². The summed E-state index contributed by atoms with van der Waals surface area (Å²) in [4.78, 5) is 17.5. The Labute approximate surface area is 198 Å². The van der Waals surface area contributed by atoms with Gasteiger partial charge in [-0.15, -0.1) is 0 Å². The molecule has 1 atom stereocenters. The number of ether oxygens (including phenoxy) is 1. The highest BCUT2D eigenvalue weighted by atomic mass is 16.5. The molecule has 0 aliphatic carbocycles. The molecule has 2 fully saturated rings. The predicted molar refractivity (Wildman–Crippen MR) is 133 cm³/mol. The van der Waals surface area contributed by atoms with Gasteiger partial charge in [0.25, 0.3) is 0 Å². The lowest BCUT2D eigenvalue weighted by Gasteiger charge is -2.31. The summed E-state index contributed by atoms with van der Waals surface area (Å²) in [5.41, 5.74) is 6.70. The number of nitrogens with zero attached hydrogens (tertiary/aromatic N) is 2. The van der Waals surface area contributed by atoms with E-state index in [-0.39, 0.29) is 0 Å². The summed E-state index contributed by atoms with van der Waals surface area (Å²) in [5, 5.41) is 0. The lowest BCUT2D eigenvalue weighted by Crippen LogP contribution is -2.37. The van der Waals surface area contributed by atoms with Gasteiger partial charge < -0.3 is 14.5 Å². The van der Waals surface area contributed by atoms with Gasteiger partial charge in [0.05, 0.1) is 0 Å². The van der Waals surface area contributed by atoms with Crippen LogP contribution in [0.2, 0.25) is 0 Å². The van der Waals surface area contributed by atoms with Crippen LogP contribution in [0.3, 0.4) is 0 Å². The Bertz CT molecular complexity index is 949. The highest BCUT2D eigenvalue weighted by Gasteiger charge is 2.25. The maximum Gasteiger partial charge on any atom is 0.223 e. The van der Waals surface area contributed by atoms with Crippen molar-refractivity contribution >= 4 is 5.91 Å². The SMILES string of the molecule is C[C@@H]1CCCN1CCc1ccc(-c2ccc3c(c2)CCN(C(=O)CC2CCOCC2)C3)cc1. The van der Waals surface area contributed by atoms with Crippen LogP contribution in [0.5, 0.6) is 0 Å². The molecule has 3 aliphatic heterocycles. The van der Waals surface area contributed by atoms with Crippen molar-refractivity contribution in [2.24, 2.45) is 5.92 Å². The molecule has 0 spiro atoms. The maximum atomic E-state index is 12.8. The van der Waals surface area contributed by atoms with Gasteiger partial charge in [0, 0.05) is 45.3 Å². The number of fused-ring (bicyclic) bond motifs is 1. The smallest absolute Gasteiger partial charge is 0.223 e. The van der Waals surface area contributed by atoms with Gasteiger partial charge in [-0.05, 0) is 85.7 Å². The molecule has 0 radical (unpaired) electrons. The summed E-state index contributed by atoms with van der Waals surface area (Å²) in [6.07, 6.45) is 7.51. The van der Waals surface area contributed by atoms with E-state index in [0.29, 0.717) is 18.2 Å². The van der Waals surface area contributed by atoms with Gasteiger partial charge in [0.1, 0.15) is 0 Å². The zero-order valence-electron chi connectivity index (χ0n) is 20.1. The number of carbonyl (C=O) groups excluding carboxylic acids is 1. The van der Waals surface area contributed by atoms with E-state index in [2.05, 4.69) is 59.2 Å². The highest BCUT2D eigenvalue weighted by molar-refractivity contribution is 5.77. The summed E-state index contributed by atoms with van der Waals surface area (Å²) in [6, 6.07) is 16.7. The molecule has 4 heteroatoms. The maximum absolute atomic E-state index is 12.8. The molecule has 0 aromatic heterocycles. The molecular weight excluding hydrogens is 408 g/mol. The molecule has 33 heavy (non-hydrogen) atoms. The average molecular weight is 447 g/mol. The molecule has 0 saturated carbocycles. The van der Waals surface area contributed by atoms with E-state index < -0.39 is 0 Å². The molecule has 2 aromatic carbocycles. The molecule has 0 N–H and O–H groups in total. The first-order chi connectivity index (χ1) is 16.2. The zero-order chi connectivity index (χ0) is 22.6. The van der Waals surface area contributed by atoms with Gasteiger partial charge in [-0.1, -0.05) is 42.5 Å². The number of rotatable bonds is 6. The summed E-state index contributed by atoms with van der Waals surface area (Å²) in [7, 11) is 0. The molecule has 3 aliphatic rings. The molecule has 0 bridgehead atoms. The van der Waals surface area contributed by atoms with Crippen molar-refractivity contribution in [1.82, 2.24) is 9.80 Å². The van der Waals surface area contributed by atoms with E-state index in [4.69, 9.17) is 4.74 Å². The van der Waals surface area contributed by atoms with Crippen LogP contribution in [0, 0.1) is 5.92 Å². The quantitative estimate of drug-likeness (QED) is 0.620. The molecule has 4 nitrogen and oxygen atoms in total. The second-order valence-corrected chi connectivity index (χ2v) is 10.3. The normalized spacial score (nSPS) is 21.8. The predicted octanol–water partition coefficient (Wildman–Crippen LogP) is 5.08. The Balaban J connectivity index is 1.18. The van der Waals surface area contributed by atoms with Crippen LogP contribution in [0.1, 0.15) is 55.7 Å². The fourth-order valence-electron chi connectivity index (χ4n) is 5.73. The lowest BCUT2D eigenvalue weighted by atomic mass is 9.92. The third-order valence-electron chi connectivity index (χ3n) is 8.04. The van der Waals surface area contributed by atoms with Crippen LogP contribution in [-0.2, 0) is 28.9 Å². The fourth-order valence-corrected chi connectivity index (χ4v) is 5.73. The van der Waals surface area contributed by atoms with Crippen molar-refractivity contribution in [2.75, 3.05) is 32.8 Å². The van der Waals surface area contributed by atoms with Gasteiger partial charge in [-0.3, -0.25) is 4.79 Å². The molecule has 3 heterocycles. The Morgan fingerprint density at radius 1 is 0.970 bits per heavy atom. The number of hydrogen-bond donors (Lipinski definition) is 0. The molecule has 0 unspecified atom stereocenters. The molecular formula is C29H38N2O2. The van der Waals surface area contributed by atoms with Crippen molar-refractivity contribution in [1.29, 1.82) is 0 Å². The molecule has 1 amide bonds. The number of amides is 1. The summed E-state index contributed by atoms with van der Waals surface area (Å²) in [5.74, 6) is 0.812. The standard InChI is InChI=1S/C29H38N2O2/c1-22-3-2-14-30(22)15-10-23-4-6-25(7-5-23)26-8-9-28-21-31(16-11-27(28)20-26)29(32)19-24-12-17-33-18-13-24/h4-9,20,22,24H,2-3,10-19,21H2,1H3/t22-/m1/s1. The van der Waals surface area contributed by atoms with E-state index in [1.54, 1.807) is 0 Å². The van der Waals surface area contributed by atoms with Gasteiger partial charge in [0.2, 0.25) is 5.91 Å². The van der Waals surface area contributed by atoms with Crippen molar-refractivity contribution in [3.63, 3.8) is 0 Å². The number of hydrogen-bond acceptors (Lipinski definition) is 3. The lowest BCUT2D eigenvalue weighted by molar-refractivity contribution is -0.133. The molecule has 176 valence electrons. The number of benzene rings is 2. The van der Waals surface area contributed by atoms with Crippen LogP contribution in [0.25, 0.3) is 11.1 Å². The van der Waals surface area contributed by atoms with E-state index in [1.165, 1.54) is 53.7 Å². The Hall–Kier alpha value is -2.17. The van der Waals surface area contributed by atoms with E-state index in [0.717, 1.165) is 58.0 Å². The van der Waals surface area contributed by atoms with Crippen molar-refractivity contribution in [3.05, 3.63) is 59.2 Å². The molecule has 5 rings (SSSR count). The van der Waals surface area contributed by atoms with Gasteiger partial charge in [-0.25, -0.2) is 0 Å². The Morgan fingerprint density at radius 2 is 1.76 bits per heavy atom. The third-order valence-corrected chi connectivity index (χ3v) is 8.04. The van der Waals surface area contributed by atoms with Crippen molar-refractivity contribution in [2.45, 2.75) is 64.5 Å². The minimum Gasteiger partial charge on any atom is -0.381 e. The first kappa shape index (κ1) is 22.6. The summed E-state index contributed by atoms with van der Waals surface area (Å²) < 4.78 is 5.44. The van der Waals surface area contributed by atoms with Crippen molar-refractivity contribution < 1.29 is 9.53 Å². The average Bonchev–Trinajstić information content (AvgIpc) is 3.27. The van der Waals surface area contributed by atoms with Crippen LogP contribution in [-0.4, -0.2) is 54.6 Å². The third kappa shape index (κ3) is 5.50. The second-order valence-electron chi connectivity index (χ2n) is 10.3. The van der Waals surface area contributed by atoms with Crippen LogP contribution < -0.4 is 0 Å². The highest BCUT2D eigenvalue weighted by Crippen LogP contribution is 2.28. The summed E-state index contributed by atoms with van der Waals surface area (Å²) >= 11 is 0. The van der Waals surface area contributed by atoms with Crippen LogP contribution in [0.15, 0.2) is 42.5 Å². The second kappa shape index (κ2) is 10.4. The largest absolute Gasteiger partial charge is 0.381 e. The summed E-state index contributed by atoms with van der Waals surface area (Å²) in [6.45, 7) is 7.99. The first-order valence-corrected chi connectivity index (χ1v) is 13.0. The van der Waals surface area contributed by atoms with Gasteiger partial charge in [-0.2, -0.15) is 0 Å². The minimum atomic E-state index is 0.315. The first-order valence-electron chi connectivity index (χ1n) is 13.0. The fraction of sp³-hybridized carbons (Fsp3) is 0.552. The Kier molecular flexibility index (Phi) is 7.13. The van der Waals surface area contributed by atoms with E-state index in [9.17, 15) is 4.79 Å². The van der Waals surface area contributed by atoms with Crippen LogP contribution in [0.4, 0.5) is 0 Å². The van der Waals surface area contributed by atoms with E-state index in [1.807, 2.05) is 0 Å². The van der Waals surface area contributed by atoms with Gasteiger partial charge >= 0.3 is 0 Å². The molecule has 2 saturated heterocycles. The number of likely N-dealkylation sites (tertiary alicyclic amines) is 1. The monoisotopic (exact) mass is 446 g/mol.